The van der Waals surface area contributed by atoms with Gasteiger partial charge in [0.15, 0.2) is 0 Å². The van der Waals surface area contributed by atoms with Crippen LogP contribution < -0.4 is 10.2 Å². The van der Waals surface area contributed by atoms with Gasteiger partial charge in [-0.25, -0.2) is 9.78 Å². The van der Waals surface area contributed by atoms with Crippen molar-refractivity contribution in [3.8, 4) is 0 Å². The largest absolute Gasteiger partial charge is 0.417 e. The first-order chi connectivity index (χ1) is 12.8. The second-order valence-corrected chi connectivity index (χ2v) is 6.53. The number of urea groups is 1. The lowest BCUT2D eigenvalue weighted by molar-refractivity contribution is -0.137. The number of anilines is 2. The highest BCUT2D eigenvalue weighted by Crippen LogP contribution is 2.29. The SMILES string of the molecule is Cc1ccc(NC(=O)N2CCCN(c3ccc(C(F)(F)F)cn3)CC2)cc1. The van der Waals surface area contributed by atoms with Gasteiger partial charge in [-0.3, -0.25) is 0 Å². The number of halogens is 3. The van der Waals surface area contributed by atoms with E-state index in [1.54, 1.807) is 4.90 Å². The van der Waals surface area contributed by atoms with Gasteiger partial charge in [0.1, 0.15) is 5.82 Å². The second-order valence-electron chi connectivity index (χ2n) is 6.53. The minimum absolute atomic E-state index is 0.180. The maximum atomic E-state index is 12.7. The standard InChI is InChI=1S/C19H21F3N4O/c1-14-3-6-16(7-4-14)24-18(27)26-10-2-9-25(11-12-26)17-8-5-15(13-23-17)19(20,21)22/h3-8,13H,2,9-12H2,1H3,(H,24,27). The molecule has 144 valence electrons. The Balaban J connectivity index is 1.59. The molecule has 5 nitrogen and oxygen atoms in total. The lowest BCUT2D eigenvalue weighted by Gasteiger charge is -2.23. The molecule has 2 heterocycles. The number of hydrogen-bond donors (Lipinski definition) is 1. The Bertz CT molecular complexity index is 775. The molecule has 1 aliphatic heterocycles. The number of benzene rings is 1. The quantitative estimate of drug-likeness (QED) is 0.854. The molecule has 1 saturated heterocycles. The molecule has 8 heteroatoms. The number of carbonyl (C=O) groups is 1. The minimum Gasteiger partial charge on any atom is -0.355 e. The Kier molecular flexibility index (Phi) is 5.53. The molecule has 0 atom stereocenters. The van der Waals surface area contributed by atoms with Gasteiger partial charge in [0.05, 0.1) is 5.56 Å². The van der Waals surface area contributed by atoms with Crippen molar-refractivity contribution in [3.05, 3.63) is 53.7 Å². The summed E-state index contributed by atoms with van der Waals surface area (Å²) in [5.41, 5.74) is 1.08. The number of carbonyl (C=O) groups excluding carboxylic acids is 1. The zero-order valence-corrected chi connectivity index (χ0v) is 15.0. The summed E-state index contributed by atoms with van der Waals surface area (Å²) in [6.45, 7) is 4.17. The number of pyridine rings is 1. The molecular weight excluding hydrogens is 357 g/mol. The average molecular weight is 378 g/mol. The predicted octanol–water partition coefficient (Wildman–Crippen LogP) is 4.15. The first kappa shape index (κ1) is 19.0. The number of rotatable bonds is 2. The molecule has 0 spiro atoms. The molecule has 0 aliphatic carbocycles. The normalized spacial score (nSPS) is 15.4. The Morgan fingerprint density at radius 1 is 1.04 bits per heavy atom. The van der Waals surface area contributed by atoms with Crippen LogP contribution in [-0.2, 0) is 6.18 Å². The first-order valence-corrected chi connectivity index (χ1v) is 8.74. The van der Waals surface area contributed by atoms with Crippen LogP contribution in [0.5, 0.6) is 0 Å². The summed E-state index contributed by atoms with van der Waals surface area (Å²) in [4.78, 5) is 20.0. The molecule has 3 rings (SSSR count). The Morgan fingerprint density at radius 2 is 1.78 bits per heavy atom. The first-order valence-electron chi connectivity index (χ1n) is 8.74. The van der Waals surface area contributed by atoms with Crippen LogP contribution in [-0.4, -0.2) is 42.1 Å². The van der Waals surface area contributed by atoms with Crippen LogP contribution >= 0.6 is 0 Å². The molecule has 1 N–H and O–H groups in total. The Morgan fingerprint density at radius 3 is 2.41 bits per heavy atom. The third-order valence-corrected chi connectivity index (χ3v) is 4.49. The van der Waals surface area contributed by atoms with E-state index in [0.717, 1.165) is 23.5 Å². The zero-order valence-electron chi connectivity index (χ0n) is 15.0. The third kappa shape index (κ3) is 4.90. The van der Waals surface area contributed by atoms with E-state index in [0.29, 0.717) is 38.4 Å². The van der Waals surface area contributed by atoms with E-state index in [1.807, 2.05) is 36.1 Å². The fourth-order valence-electron chi connectivity index (χ4n) is 2.93. The van der Waals surface area contributed by atoms with E-state index < -0.39 is 11.7 Å². The van der Waals surface area contributed by atoms with E-state index in [-0.39, 0.29) is 6.03 Å². The summed E-state index contributed by atoms with van der Waals surface area (Å²) in [7, 11) is 0. The number of nitrogens with zero attached hydrogens (tertiary/aromatic N) is 3. The number of amides is 2. The van der Waals surface area contributed by atoms with Gasteiger partial charge < -0.3 is 15.1 Å². The number of aryl methyl sites for hydroxylation is 1. The molecule has 1 aromatic heterocycles. The summed E-state index contributed by atoms with van der Waals surface area (Å²) in [5, 5.41) is 2.87. The van der Waals surface area contributed by atoms with Crippen molar-refractivity contribution in [1.29, 1.82) is 0 Å². The second kappa shape index (κ2) is 7.85. The van der Waals surface area contributed by atoms with Crippen molar-refractivity contribution in [2.45, 2.75) is 19.5 Å². The van der Waals surface area contributed by atoms with Gasteiger partial charge in [-0.05, 0) is 37.6 Å². The zero-order chi connectivity index (χ0) is 19.4. The third-order valence-electron chi connectivity index (χ3n) is 4.49. The monoisotopic (exact) mass is 378 g/mol. The summed E-state index contributed by atoms with van der Waals surface area (Å²) in [5.74, 6) is 0.490. The lowest BCUT2D eigenvalue weighted by Crippen LogP contribution is -2.38. The topological polar surface area (TPSA) is 48.5 Å². The van der Waals surface area contributed by atoms with Crippen molar-refractivity contribution < 1.29 is 18.0 Å². The molecule has 1 fully saturated rings. The fraction of sp³-hybridized carbons (Fsp3) is 0.368. The van der Waals surface area contributed by atoms with Gasteiger partial charge in [-0.1, -0.05) is 17.7 Å². The van der Waals surface area contributed by atoms with E-state index in [9.17, 15) is 18.0 Å². The Hall–Kier alpha value is -2.77. The maximum Gasteiger partial charge on any atom is 0.417 e. The maximum absolute atomic E-state index is 12.7. The summed E-state index contributed by atoms with van der Waals surface area (Å²) in [6, 6.07) is 9.79. The summed E-state index contributed by atoms with van der Waals surface area (Å²) < 4.78 is 38.0. The lowest BCUT2D eigenvalue weighted by atomic mass is 10.2. The highest BCUT2D eigenvalue weighted by atomic mass is 19.4. The summed E-state index contributed by atoms with van der Waals surface area (Å²) in [6.07, 6.45) is -2.83. The van der Waals surface area contributed by atoms with Gasteiger partial charge >= 0.3 is 12.2 Å². The van der Waals surface area contributed by atoms with Gasteiger partial charge in [0, 0.05) is 38.1 Å². The van der Waals surface area contributed by atoms with Crippen LogP contribution in [0, 0.1) is 6.92 Å². The molecular formula is C19H21F3N4O. The van der Waals surface area contributed by atoms with Crippen molar-refractivity contribution in [1.82, 2.24) is 9.88 Å². The van der Waals surface area contributed by atoms with E-state index in [2.05, 4.69) is 10.3 Å². The van der Waals surface area contributed by atoms with E-state index in [4.69, 9.17) is 0 Å². The van der Waals surface area contributed by atoms with Crippen molar-refractivity contribution >= 4 is 17.5 Å². The number of nitrogens with one attached hydrogen (secondary N) is 1. The average Bonchev–Trinajstić information content (AvgIpc) is 2.89. The van der Waals surface area contributed by atoms with Crippen molar-refractivity contribution in [3.63, 3.8) is 0 Å². The number of alkyl halides is 3. The summed E-state index contributed by atoms with van der Waals surface area (Å²) >= 11 is 0. The highest BCUT2D eigenvalue weighted by Gasteiger charge is 2.31. The molecule has 0 bridgehead atoms. The van der Waals surface area contributed by atoms with Crippen LogP contribution in [0.15, 0.2) is 42.6 Å². The molecule has 0 radical (unpaired) electrons. The molecule has 0 unspecified atom stereocenters. The van der Waals surface area contributed by atoms with Crippen LogP contribution in [0.25, 0.3) is 0 Å². The van der Waals surface area contributed by atoms with E-state index in [1.165, 1.54) is 6.07 Å². The van der Waals surface area contributed by atoms with Crippen molar-refractivity contribution in [2.75, 3.05) is 36.4 Å². The smallest absolute Gasteiger partial charge is 0.355 e. The van der Waals surface area contributed by atoms with Gasteiger partial charge in [-0.2, -0.15) is 13.2 Å². The van der Waals surface area contributed by atoms with Crippen LogP contribution in [0.3, 0.4) is 0 Å². The highest BCUT2D eigenvalue weighted by molar-refractivity contribution is 5.89. The van der Waals surface area contributed by atoms with E-state index >= 15 is 0 Å². The van der Waals surface area contributed by atoms with Crippen molar-refractivity contribution in [2.24, 2.45) is 0 Å². The predicted molar refractivity (Wildman–Crippen MR) is 97.8 cm³/mol. The fourth-order valence-corrected chi connectivity index (χ4v) is 2.93. The van der Waals surface area contributed by atoms with Gasteiger partial charge in [-0.15, -0.1) is 0 Å². The van der Waals surface area contributed by atoms with Crippen LogP contribution in [0.1, 0.15) is 17.5 Å². The molecule has 2 amide bonds. The van der Waals surface area contributed by atoms with Gasteiger partial charge in [0.2, 0.25) is 0 Å². The minimum atomic E-state index is -4.39. The molecule has 1 aromatic carbocycles. The van der Waals surface area contributed by atoms with Gasteiger partial charge in [0.25, 0.3) is 0 Å². The molecule has 27 heavy (non-hydrogen) atoms. The number of aromatic nitrogens is 1. The van der Waals surface area contributed by atoms with Crippen LogP contribution in [0.2, 0.25) is 0 Å². The molecule has 1 aliphatic rings. The molecule has 0 saturated carbocycles. The molecule has 2 aromatic rings. The number of hydrogen-bond acceptors (Lipinski definition) is 3. The Labute approximate surface area is 155 Å². The van der Waals surface area contributed by atoms with Crippen LogP contribution in [0.4, 0.5) is 29.5 Å².